The first-order valence-corrected chi connectivity index (χ1v) is 7.19. The van der Waals surface area contributed by atoms with E-state index < -0.39 is 11.9 Å². The third-order valence-corrected chi connectivity index (χ3v) is 2.61. The maximum atomic E-state index is 11.5. The van der Waals surface area contributed by atoms with Gasteiger partial charge in [0.15, 0.2) is 19.0 Å². The second-order valence-corrected chi connectivity index (χ2v) is 4.44. The SMILES string of the molecule is CCOC(=O)COc1cc(OCC(=O)OCC)cc(C(C)=O)c1. The van der Waals surface area contributed by atoms with E-state index in [2.05, 4.69) is 0 Å². The third-order valence-electron chi connectivity index (χ3n) is 2.61. The van der Waals surface area contributed by atoms with Crippen LogP contribution in [0.15, 0.2) is 18.2 Å². The summed E-state index contributed by atoms with van der Waals surface area (Å²) in [5.41, 5.74) is 0.338. The zero-order chi connectivity index (χ0) is 17.2. The standard InChI is InChI=1S/C16H20O7/c1-4-20-15(18)9-22-13-6-12(11(3)17)7-14(8-13)23-10-16(19)21-5-2/h6-8H,4-5,9-10H2,1-3H3. The highest BCUT2D eigenvalue weighted by molar-refractivity contribution is 5.95. The van der Waals surface area contributed by atoms with E-state index in [9.17, 15) is 14.4 Å². The van der Waals surface area contributed by atoms with Crippen molar-refractivity contribution in [1.29, 1.82) is 0 Å². The van der Waals surface area contributed by atoms with Gasteiger partial charge in [0.05, 0.1) is 13.2 Å². The normalized spacial score (nSPS) is 9.87. The van der Waals surface area contributed by atoms with Crippen LogP contribution in [-0.2, 0) is 19.1 Å². The number of carbonyl (C=O) groups excluding carboxylic acids is 3. The van der Waals surface area contributed by atoms with E-state index in [0.717, 1.165) is 0 Å². The highest BCUT2D eigenvalue weighted by Gasteiger charge is 2.10. The molecule has 0 saturated heterocycles. The van der Waals surface area contributed by atoms with Crippen molar-refractivity contribution >= 4 is 17.7 Å². The fourth-order valence-electron chi connectivity index (χ4n) is 1.63. The van der Waals surface area contributed by atoms with Crippen LogP contribution in [0.1, 0.15) is 31.1 Å². The summed E-state index contributed by atoms with van der Waals surface area (Å²) in [6.07, 6.45) is 0. The second-order valence-electron chi connectivity index (χ2n) is 4.44. The first-order chi connectivity index (χ1) is 11.0. The zero-order valence-corrected chi connectivity index (χ0v) is 13.4. The maximum Gasteiger partial charge on any atom is 0.344 e. The summed E-state index contributed by atoms with van der Waals surface area (Å²) in [5.74, 6) is -0.703. The van der Waals surface area contributed by atoms with Crippen LogP contribution < -0.4 is 9.47 Å². The number of Topliss-reactive ketones (excluding diaryl/α,β-unsaturated/α-hetero) is 1. The Morgan fingerprint density at radius 1 is 0.826 bits per heavy atom. The van der Waals surface area contributed by atoms with Crippen molar-refractivity contribution in [1.82, 2.24) is 0 Å². The minimum atomic E-state index is -0.519. The molecule has 0 aliphatic rings. The van der Waals surface area contributed by atoms with Crippen molar-refractivity contribution in [2.24, 2.45) is 0 Å². The highest BCUT2D eigenvalue weighted by Crippen LogP contribution is 2.23. The molecule has 126 valence electrons. The topological polar surface area (TPSA) is 88.1 Å². The molecule has 0 bridgehead atoms. The van der Waals surface area contributed by atoms with E-state index in [1.807, 2.05) is 0 Å². The number of rotatable bonds is 9. The Labute approximate surface area is 134 Å². The molecule has 0 heterocycles. The Morgan fingerprint density at radius 2 is 1.26 bits per heavy atom. The largest absolute Gasteiger partial charge is 0.482 e. The average molecular weight is 324 g/mol. The molecular weight excluding hydrogens is 304 g/mol. The number of hydrogen-bond donors (Lipinski definition) is 0. The number of benzene rings is 1. The van der Waals surface area contributed by atoms with Gasteiger partial charge in [0.25, 0.3) is 0 Å². The van der Waals surface area contributed by atoms with Crippen LogP contribution in [0.4, 0.5) is 0 Å². The lowest BCUT2D eigenvalue weighted by Crippen LogP contribution is -2.16. The average Bonchev–Trinajstić information content (AvgIpc) is 2.51. The molecule has 0 saturated carbocycles. The molecule has 0 spiro atoms. The maximum absolute atomic E-state index is 11.5. The van der Waals surface area contributed by atoms with Gasteiger partial charge < -0.3 is 18.9 Å². The van der Waals surface area contributed by atoms with E-state index in [4.69, 9.17) is 18.9 Å². The van der Waals surface area contributed by atoms with Crippen molar-refractivity contribution < 1.29 is 33.3 Å². The Bertz CT molecular complexity index is 525. The molecule has 0 aliphatic heterocycles. The van der Waals surface area contributed by atoms with E-state index in [1.165, 1.54) is 25.1 Å². The molecule has 7 nitrogen and oxygen atoms in total. The lowest BCUT2D eigenvalue weighted by Gasteiger charge is -2.11. The predicted molar refractivity (Wildman–Crippen MR) is 80.7 cm³/mol. The number of ketones is 1. The summed E-state index contributed by atoms with van der Waals surface area (Å²) in [6, 6.07) is 4.45. The molecule has 0 unspecified atom stereocenters. The van der Waals surface area contributed by atoms with Crippen LogP contribution in [0.5, 0.6) is 11.5 Å². The summed E-state index contributed by atoms with van der Waals surface area (Å²) < 4.78 is 20.1. The van der Waals surface area contributed by atoms with Crippen molar-refractivity contribution in [3.05, 3.63) is 23.8 Å². The van der Waals surface area contributed by atoms with Gasteiger partial charge >= 0.3 is 11.9 Å². The van der Waals surface area contributed by atoms with E-state index in [0.29, 0.717) is 5.56 Å². The monoisotopic (exact) mass is 324 g/mol. The first kappa shape index (κ1) is 18.5. The van der Waals surface area contributed by atoms with Crippen molar-refractivity contribution in [3.8, 4) is 11.5 Å². The van der Waals surface area contributed by atoms with Crippen molar-refractivity contribution in [3.63, 3.8) is 0 Å². The molecule has 0 fully saturated rings. The van der Waals surface area contributed by atoms with Gasteiger partial charge in [-0.2, -0.15) is 0 Å². The molecule has 23 heavy (non-hydrogen) atoms. The number of carbonyl (C=O) groups is 3. The van der Waals surface area contributed by atoms with Crippen LogP contribution in [-0.4, -0.2) is 44.1 Å². The Balaban J connectivity index is 2.79. The molecule has 0 amide bonds. The molecule has 0 N–H and O–H groups in total. The zero-order valence-electron chi connectivity index (χ0n) is 13.4. The van der Waals surface area contributed by atoms with Gasteiger partial charge in [0, 0.05) is 11.6 Å². The molecule has 0 atom stereocenters. The quantitative estimate of drug-likeness (QED) is 0.505. The summed E-state index contributed by atoms with van der Waals surface area (Å²) in [7, 11) is 0. The predicted octanol–water partition coefficient (Wildman–Crippen LogP) is 1.77. The van der Waals surface area contributed by atoms with Gasteiger partial charge in [-0.1, -0.05) is 0 Å². The van der Waals surface area contributed by atoms with E-state index in [1.54, 1.807) is 13.8 Å². The van der Waals surface area contributed by atoms with Gasteiger partial charge in [0.1, 0.15) is 11.5 Å². The summed E-state index contributed by atoms with van der Waals surface area (Å²) in [5, 5.41) is 0. The Kier molecular flexibility index (Phi) is 7.59. The van der Waals surface area contributed by atoms with Gasteiger partial charge in [-0.3, -0.25) is 4.79 Å². The molecule has 0 aliphatic carbocycles. The van der Waals surface area contributed by atoms with Crippen LogP contribution in [0.3, 0.4) is 0 Å². The second kappa shape index (κ2) is 9.45. The van der Waals surface area contributed by atoms with Crippen LogP contribution in [0.2, 0.25) is 0 Å². The number of esters is 2. The van der Waals surface area contributed by atoms with Crippen LogP contribution in [0.25, 0.3) is 0 Å². The fraction of sp³-hybridized carbons (Fsp3) is 0.438. The van der Waals surface area contributed by atoms with E-state index in [-0.39, 0.29) is 43.7 Å². The van der Waals surface area contributed by atoms with Crippen LogP contribution >= 0.6 is 0 Å². The molecule has 1 aromatic rings. The van der Waals surface area contributed by atoms with Gasteiger partial charge in [-0.05, 0) is 32.9 Å². The molecule has 0 radical (unpaired) electrons. The molecule has 0 aromatic heterocycles. The first-order valence-electron chi connectivity index (χ1n) is 7.19. The molecule has 1 aromatic carbocycles. The summed E-state index contributed by atoms with van der Waals surface area (Å²) in [4.78, 5) is 34.1. The van der Waals surface area contributed by atoms with Gasteiger partial charge in [0.2, 0.25) is 0 Å². The van der Waals surface area contributed by atoms with E-state index >= 15 is 0 Å². The lowest BCUT2D eigenvalue weighted by atomic mass is 10.1. The molecule has 1 rings (SSSR count). The smallest absolute Gasteiger partial charge is 0.344 e. The minimum absolute atomic E-state index is 0.201. The fourth-order valence-corrected chi connectivity index (χ4v) is 1.63. The van der Waals surface area contributed by atoms with Gasteiger partial charge in [-0.15, -0.1) is 0 Å². The lowest BCUT2D eigenvalue weighted by molar-refractivity contribution is -0.146. The van der Waals surface area contributed by atoms with Crippen molar-refractivity contribution in [2.75, 3.05) is 26.4 Å². The molecule has 7 heteroatoms. The van der Waals surface area contributed by atoms with Gasteiger partial charge in [-0.25, -0.2) is 9.59 Å². The summed E-state index contributed by atoms with van der Waals surface area (Å²) >= 11 is 0. The number of ether oxygens (including phenoxy) is 4. The highest BCUT2D eigenvalue weighted by atomic mass is 16.6. The third kappa shape index (κ3) is 6.82. The summed E-state index contributed by atoms with van der Waals surface area (Å²) in [6.45, 7) is 4.71. The Hall–Kier alpha value is -2.57. The Morgan fingerprint density at radius 3 is 1.61 bits per heavy atom. The van der Waals surface area contributed by atoms with Crippen LogP contribution in [0, 0.1) is 0 Å². The van der Waals surface area contributed by atoms with Crippen molar-refractivity contribution in [2.45, 2.75) is 20.8 Å². The number of hydrogen-bond acceptors (Lipinski definition) is 7. The minimum Gasteiger partial charge on any atom is -0.482 e. The molecular formula is C16H20O7.